The van der Waals surface area contributed by atoms with Crippen LogP contribution in [0.4, 0.5) is 0 Å². The Bertz CT molecular complexity index is 672. The molecule has 142 valence electrons. The number of rotatable bonds is 6. The summed E-state index contributed by atoms with van der Waals surface area (Å²) in [5.41, 5.74) is 0.968. The second kappa shape index (κ2) is 11.1. The molecule has 0 unspecified atom stereocenters. The van der Waals surface area contributed by atoms with Gasteiger partial charge in [0.15, 0.2) is 0 Å². The van der Waals surface area contributed by atoms with Crippen LogP contribution in [0.5, 0.6) is 5.75 Å². The molecular formula is C20H26ClNO3S. The van der Waals surface area contributed by atoms with E-state index in [2.05, 4.69) is 32.9 Å². The molecule has 0 aromatic heterocycles. The molecule has 2 aromatic carbocycles. The molecule has 6 heteroatoms. The first-order valence-corrected chi connectivity index (χ1v) is 9.42. The minimum Gasteiger partial charge on any atom is -0.496 e. The molecule has 4 nitrogen and oxygen atoms in total. The molecule has 0 saturated carbocycles. The van der Waals surface area contributed by atoms with E-state index in [1.54, 1.807) is 7.11 Å². The number of hydroxylamine groups is 2. The molecule has 0 aliphatic heterocycles. The Hall–Kier alpha value is -1.69. The minimum absolute atomic E-state index is 0.268. The quantitative estimate of drug-likeness (QED) is 0.311. The van der Waals surface area contributed by atoms with Crippen LogP contribution in [0, 0.1) is 0 Å². The molecule has 0 radical (unpaired) electrons. The van der Waals surface area contributed by atoms with Crippen LogP contribution in [0.25, 0.3) is 0 Å². The number of carbonyl (C=O) groups excluding carboxylic acids is 1. The highest BCUT2D eigenvalue weighted by Gasteiger charge is 2.11. The summed E-state index contributed by atoms with van der Waals surface area (Å²) in [5, 5.41) is 10.3. The highest BCUT2D eigenvalue weighted by Crippen LogP contribution is 2.32. The molecule has 0 spiro atoms. The van der Waals surface area contributed by atoms with Gasteiger partial charge in [0, 0.05) is 14.7 Å². The Labute approximate surface area is 165 Å². The monoisotopic (exact) mass is 395 g/mol. The lowest BCUT2D eigenvalue weighted by Crippen LogP contribution is -2.19. The Morgan fingerprint density at radius 3 is 2.31 bits per heavy atom. The van der Waals surface area contributed by atoms with Gasteiger partial charge in [-0.25, -0.2) is 5.06 Å². The van der Waals surface area contributed by atoms with Crippen molar-refractivity contribution in [3.05, 3.63) is 59.1 Å². The average Bonchev–Trinajstić information content (AvgIpc) is 2.61. The van der Waals surface area contributed by atoms with Crippen molar-refractivity contribution in [1.82, 2.24) is 5.06 Å². The molecule has 2 rings (SSSR count). The maximum Gasteiger partial charge on any atom is 0.233 e. The minimum atomic E-state index is 0.268. The van der Waals surface area contributed by atoms with E-state index in [1.165, 1.54) is 4.90 Å². The van der Waals surface area contributed by atoms with E-state index in [4.69, 9.17) is 21.5 Å². The number of para-hydroxylation sites is 1. The van der Waals surface area contributed by atoms with Crippen molar-refractivity contribution in [3.8, 4) is 5.75 Å². The number of thioether (sulfide) groups is 1. The zero-order chi connectivity index (χ0) is 19.6. The summed E-state index contributed by atoms with van der Waals surface area (Å²) in [5.74, 6) is 0.770. The van der Waals surface area contributed by atoms with Crippen molar-refractivity contribution in [2.75, 3.05) is 13.7 Å². The second-order valence-electron chi connectivity index (χ2n) is 6.50. The van der Waals surface area contributed by atoms with Crippen molar-refractivity contribution >= 4 is 29.8 Å². The standard InChI is InChI=1S/C10H13ClS.C10H13NO3/c1-10(2,3)12-9-6-4-8(11)5-7-9;1-14-10-5-3-2-4-9(10)6-7-11(13)8-12/h4-7H,1-3H3;2-5,8,13H,6-7H2,1H3. The van der Waals surface area contributed by atoms with E-state index in [-0.39, 0.29) is 11.3 Å². The third kappa shape index (κ3) is 9.13. The Kier molecular flexibility index (Phi) is 9.55. The van der Waals surface area contributed by atoms with E-state index < -0.39 is 0 Å². The zero-order valence-electron chi connectivity index (χ0n) is 15.6. The summed E-state index contributed by atoms with van der Waals surface area (Å²) in [6.45, 7) is 6.87. The normalized spacial score (nSPS) is 10.5. The predicted molar refractivity (Wildman–Crippen MR) is 108 cm³/mol. The highest BCUT2D eigenvalue weighted by molar-refractivity contribution is 8.00. The van der Waals surface area contributed by atoms with Crippen molar-refractivity contribution in [3.63, 3.8) is 0 Å². The van der Waals surface area contributed by atoms with Crippen LogP contribution in [0.2, 0.25) is 5.02 Å². The van der Waals surface area contributed by atoms with Gasteiger partial charge in [-0.3, -0.25) is 10.0 Å². The first kappa shape index (κ1) is 22.4. The lowest BCUT2D eigenvalue weighted by Gasteiger charge is -2.17. The van der Waals surface area contributed by atoms with Gasteiger partial charge >= 0.3 is 0 Å². The summed E-state index contributed by atoms with van der Waals surface area (Å²) in [7, 11) is 1.59. The van der Waals surface area contributed by atoms with Crippen molar-refractivity contribution in [1.29, 1.82) is 0 Å². The first-order valence-electron chi connectivity index (χ1n) is 8.22. The summed E-state index contributed by atoms with van der Waals surface area (Å²) in [6, 6.07) is 15.5. The molecule has 0 aliphatic carbocycles. The van der Waals surface area contributed by atoms with Crippen LogP contribution < -0.4 is 4.74 Å². The molecular weight excluding hydrogens is 370 g/mol. The average molecular weight is 396 g/mol. The highest BCUT2D eigenvalue weighted by atomic mass is 35.5. The number of halogens is 1. The fraction of sp³-hybridized carbons (Fsp3) is 0.350. The number of hydrogen-bond donors (Lipinski definition) is 1. The number of amides is 1. The van der Waals surface area contributed by atoms with Crippen LogP contribution in [-0.2, 0) is 11.2 Å². The van der Waals surface area contributed by atoms with Gasteiger partial charge in [0.1, 0.15) is 5.75 Å². The van der Waals surface area contributed by atoms with E-state index >= 15 is 0 Å². The van der Waals surface area contributed by atoms with Crippen molar-refractivity contribution < 1.29 is 14.7 Å². The number of benzene rings is 2. The van der Waals surface area contributed by atoms with E-state index in [0.29, 0.717) is 17.9 Å². The first-order chi connectivity index (χ1) is 12.2. The molecule has 0 bridgehead atoms. The van der Waals surface area contributed by atoms with E-state index in [1.807, 2.05) is 48.2 Å². The largest absolute Gasteiger partial charge is 0.496 e. The molecule has 1 N–H and O–H groups in total. The molecule has 0 heterocycles. The fourth-order valence-corrected chi connectivity index (χ4v) is 3.16. The van der Waals surface area contributed by atoms with Gasteiger partial charge < -0.3 is 4.74 Å². The van der Waals surface area contributed by atoms with Crippen LogP contribution in [-0.4, -0.2) is 35.1 Å². The summed E-state index contributed by atoms with van der Waals surface area (Å²) < 4.78 is 5.39. The molecule has 1 amide bonds. The molecule has 26 heavy (non-hydrogen) atoms. The SMILES string of the molecule is CC(C)(C)Sc1ccc(Cl)cc1.COc1ccccc1CCN(O)C=O. The summed E-state index contributed by atoms with van der Waals surface area (Å²) >= 11 is 7.62. The number of carbonyl (C=O) groups is 1. The summed E-state index contributed by atoms with van der Waals surface area (Å²) in [6.07, 6.45) is 0.953. The van der Waals surface area contributed by atoms with Gasteiger partial charge in [-0.2, -0.15) is 0 Å². The van der Waals surface area contributed by atoms with Gasteiger partial charge in [0.2, 0.25) is 6.41 Å². The molecule has 0 aliphatic rings. The van der Waals surface area contributed by atoms with E-state index in [0.717, 1.165) is 16.3 Å². The van der Waals surface area contributed by atoms with Crippen LogP contribution >= 0.6 is 23.4 Å². The molecule has 0 fully saturated rings. The van der Waals surface area contributed by atoms with Crippen molar-refractivity contribution in [2.24, 2.45) is 0 Å². The van der Waals surface area contributed by atoms with Crippen LogP contribution in [0.15, 0.2) is 53.4 Å². The Balaban J connectivity index is 0.000000263. The lowest BCUT2D eigenvalue weighted by atomic mass is 10.1. The van der Waals surface area contributed by atoms with E-state index in [9.17, 15) is 4.79 Å². The lowest BCUT2D eigenvalue weighted by molar-refractivity contribution is -0.149. The maximum atomic E-state index is 10.1. The molecule has 2 aromatic rings. The second-order valence-corrected chi connectivity index (χ2v) is 8.84. The van der Waals surface area contributed by atoms with Gasteiger partial charge in [0.05, 0.1) is 13.7 Å². The van der Waals surface area contributed by atoms with Gasteiger partial charge in [-0.15, -0.1) is 11.8 Å². The van der Waals surface area contributed by atoms with Gasteiger partial charge in [-0.1, -0.05) is 50.6 Å². The topological polar surface area (TPSA) is 49.8 Å². The zero-order valence-corrected chi connectivity index (χ0v) is 17.2. The Morgan fingerprint density at radius 1 is 1.15 bits per heavy atom. The fourth-order valence-electron chi connectivity index (χ4n) is 2.05. The maximum absolute atomic E-state index is 10.1. The third-order valence-corrected chi connectivity index (χ3v) is 4.53. The molecule has 0 atom stereocenters. The summed E-state index contributed by atoms with van der Waals surface area (Å²) in [4.78, 5) is 11.4. The number of ether oxygens (including phenoxy) is 1. The molecule has 0 saturated heterocycles. The smallest absolute Gasteiger partial charge is 0.233 e. The Morgan fingerprint density at radius 2 is 1.77 bits per heavy atom. The number of methoxy groups -OCH3 is 1. The number of hydrogen-bond acceptors (Lipinski definition) is 4. The van der Waals surface area contributed by atoms with Crippen LogP contribution in [0.3, 0.4) is 0 Å². The predicted octanol–water partition coefficient (Wildman–Crippen LogP) is 5.32. The number of nitrogens with zero attached hydrogens (tertiary/aromatic N) is 1. The van der Waals surface area contributed by atoms with Crippen molar-refractivity contribution in [2.45, 2.75) is 36.8 Å². The van der Waals surface area contributed by atoms with Gasteiger partial charge in [-0.05, 0) is 42.3 Å². The third-order valence-electron chi connectivity index (χ3n) is 3.16. The van der Waals surface area contributed by atoms with Gasteiger partial charge in [0.25, 0.3) is 0 Å². The van der Waals surface area contributed by atoms with Crippen LogP contribution in [0.1, 0.15) is 26.3 Å².